The van der Waals surface area contributed by atoms with E-state index < -0.39 is 0 Å². The third kappa shape index (κ3) is 3.51. The molecule has 0 aromatic heterocycles. The zero-order valence-electron chi connectivity index (χ0n) is 10.0. The van der Waals surface area contributed by atoms with Crippen LogP contribution in [0.15, 0.2) is 24.3 Å². The second-order valence-electron chi connectivity index (χ2n) is 4.84. The second-order valence-corrected chi connectivity index (χ2v) is 4.84. The van der Waals surface area contributed by atoms with Crippen LogP contribution in [0, 0.1) is 11.7 Å². The van der Waals surface area contributed by atoms with E-state index in [0.717, 1.165) is 18.4 Å². The first-order chi connectivity index (χ1) is 8.29. The van der Waals surface area contributed by atoms with Crippen LogP contribution in [0.4, 0.5) is 4.39 Å². The van der Waals surface area contributed by atoms with E-state index in [9.17, 15) is 9.50 Å². The lowest BCUT2D eigenvalue weighted by molar-refractivity contribution is 0.152. The monoisotopic (exact) mass is 237 g/mol. The van der Waals surface area contributed by atoms with Gasteiger partial charge < -0.3 is 10.4 Å². The van der Waals surface area contributed by atoms with Crippen LogP contribution in [-0.2, 0) is 6.54 Å². The molecule has 1 aromatic rings. The Bertz CT molecular complexity index is 356. The summed E-state index contributed by atoms with van der Waals surface area (Å²) >= 11 is 0. The Morgan fingerprint density at radius 1 is 1.29 bits per heavy atom. The second kappa shape index (κ2) is 6.12. The number of rotatable bonds is 4. The Labute approximate surface area is 102 Å². The summed E-state index contributed by atoms with van der Waals surface area (Å²) in [5.41, 5.74) is 0.965. The standard InChI is InChI=1S/C14H20FNO/c15-13-6-3-4-11(8-13)9-16-14-7-2-1-5-12(14)10-17/h3-4,6,8,12,14,16-17H,1-2,5,7,9-10H2. The highest BCUT2D eigenvalue weighted by atomic mass is 19.1. The summed E-state index contributed by atoms with van der Waals surface area (Å²) in [4.78, 5) is 0. The molecule has 17 heavy (non-hydrogen) atoms. The average molecular weight is 237 g/mol. The van der Waals surface area contributed by atoms with Gasteiger partial charge >= 0.3 is 0 Å². The number of benzene rings is 1. The van der Waals surface area contributed by atoms with Crippen molar-refractivity contribution in [3.8, 4) is 0 Å². The van der Waals surface area contributed by atoms with E-state index in [1.807, 2.05) is 6.07 Å². The Hall–Kier alpha value is -0.930. The van der Waals surface area contributed by atoms with Crippen LogP contribution in [0.25, 0.3) is 0 Å². The number of aliphatic hydroxyl groups is 1. The molecule has 1 fully saturated rings. The van der Waals surface area contributed by atoms with Gasteiger partial charge in [-0.2, -0.15) is 0 Å². The quantitative estimate of drug-likeness (QED) is 0.843. The molecule has 0 heterocycles. The summed E-state index contributed by atoms with van der Waals surface area (Å²) in [6.07, 6.45) is 4.64. The molecule has 2 atom stereocenters. The normalized spacial score (nSPS) is 24.8. The minimum absolute atomic E-state index is 0.188. The molecule has 0 aliphatic heterocycles. The van der Waals surface area contributed by atoms with Crippen molar-refractivity contribution in [3.63, 3.8) is 0 Å². The Kier molecular flexibility index (Phi) is 4.51. The third-order valence-electron chi connectivity index (χ3n) is 3.60. The number of hydrogen-bond donors (Lipinski definition) is 2. The largest absolute Gasteiger partial charge is 0.396 e. The maximum absolute atomic E-state index is 13.0. The van der Waals surface area contributed by atoms with Gasteiger partial charge in [-0.3, -0.25) is 0 Å². The molecule has 2 unspecified atom stereocenters. The van der Waals surface area contributed by atoms with Gasteiger partial charge in [-0.05, 0) is 36.5 Å². The molecular weight excluding hydrogens is 217 g/mol. The van der Waals surface area contributed by atoms with Gasteiger partial charge in [0.2, 0.25) is 0 Å². The van der Waals surface area contributed by atoms with E-state index in [0.29, 0.717) is 18.5 Å². The van der Waals surface area contributed by atoms with Gasteiger partial charge in [0.1, 0.15) is 5.82 Å². The molecule has 2 N–H and O–H groups in total. The maximum atomic E-state index is 13.0. The van der Waals surface area contributed by atoms with Crippen LogP contribution < -0.4 is 5.32 Å². The molecule has 94 valence electrons. The van der Waals surface area contributed by atoms with Crippen molar-refractivity contribution in [3.05, 3.63) is 35.6 Å². The molecule has 0 amide bonds. The molecular formula is C14H20FNO. The van der Waals surface area contributed by atoms with Gasteiger partial charge in [0.15, 0.2) is 0 Å². The van der Waals surface area contributed by atoms with E-state index in [4.69, 9.17) is 0 Å². The summed E-state index contributed by atoms with van der Waals surface area (Å²) in [6.45, 7) is 0.930. The lowest BCUT2D eigenvalue weighted by Gasteiger charge is -2.31. The molecule has 2 nitrogen and oxygen atoms in total. The van der Waals surface area contributed by atoms with Crippen molar-refractivity contribution in [1.29, 1.82) is 0 Å². The Morgan fingerprint density at radius 3 is 2.88 bits per heavy atom. The number of halogens is 1. The maximum Gasteiger partial charge on any atom is 0.123 e. The molecule has 0 saturated heterocycles. The van der Waals surface area contributed by atoms with Crippen LogP contribution in [0.2, 0.25) is 0 Å². The first kappa shape index (κ1) is 12.5. The number of hydrogen-bond acceptors (Lipinski definition) is 2. The molecule has 1 aliphatic carbocycles. The fraction of sp³-hybridized carbons (Fsp3) is 0.571. The highest BCUT2D eigenvalue weighted by molar-refractivity contribution is 5.16. The first-order valence-corrected chi connectivity index (χ1v) is 6.38. The molecule has 1 aromatic carbocycles. The zero-order chi connectivity index (χ0) is 12.1. The first-order valence-electron chi connectivity index (χ1n) is 6.38. The van der Waals surface area contributed by atoms with E-state index in [-0.39, 0.29) is 12.4 Å². The van der Waals surface area contributed by atoms with Crippen LogP contribution in [0.1, 0.15) is 31.2 Å². The van der Waals surface area contributed by atoms with Crippen LogP contribution >= 0.6 is 0 Å². The van der Waals surface area contributed by atoms with Gasteiger partial charge in [0.05, 0.1) is 0 Å². The van der Waals surface area contributed by atoms with E-state index in [2.05, 4.69) is 5.32 Å². The van der Waals surface area contributed by atoms with Crippen molar-refractivity contribution in [2.24, 2.45) is 5.92 Å². The van der Waals surface area contributed by atoms with Gasteiger partial charge in [-0.15, -0.1) is 0 Å². The average Bonchev–Trinajstić information content (AvgIpc) is 2.37. The predicted octanol–water partition coefficient (Wildman–Crippen LogP) is 2.47. The molecule has 0 spiro atoms. The van der Waals surface area contributed by atoms with Crippen molar-refractivity contribution >= 4 is 0 Å². The molecule has 2 rings (SSSR count). The van der Waals surface area contributed by atoms with Gasteiger partial charge in [-0.25, -0.2) is 4.39 Å². The van der Waals surface area contributed by atoms with E-state index in [1.54, 1.807) is 12.1 Å². The van der Waals surface area contributed by atoms with Gasteiger partial charge in [-0.1, -0.05) is 25.0 Å². The molecule has 1 saturated carbocycles. The lowest BCUT2D eigenvalue weighted by Crippen LogP contribution is -2.39. The molecule has 0 radical (unpaired) electrons. The van der Waals surface area contributed by atoms with Crippen LogP contribution in [-0.4, -0.2) is 17.8 Å². The minimum Gasteiger partial charge on any atom is -0.396 e. The van der Waals surface area contributed by atoms with Gasteiger partial charge in [0, 0.05) is 19.2 Å². The van der Waals surface area contributed by atoms with Crippen LogP contribution in [0.5, 0.6) is 0 Å². The van der Waals surface area contributed by atoms with E-state index in [1.165, 1.54) is 18.9 Å². The summed E-state index contributed by atoms with van der Waals surface area (Å²) in [6, 6.07) is 7.05. The number of aliphatic hydroxyl groups excluding tert-OH is 1. The Balaban J connectivity index is 1.88. The number of nitrogens with one attached hydrogen (secondary N) is 1. The highest BCUT2D eigenvalue weighted by Crippen LogP contribution is 2.24. The highest BCUT2D eigenvalue weighted by Gasteiger charge is 2.23. The summed E-state index contributed by atoms with van der Waals surface area (Å²) in [5, 5.41) is 12.7. The van der Waals surface area contributed by atoms with Gasteiger partial charge in [0.25, 0.3) is 0 Å². The van der Waals surface area contributed by atoms with Crippen molar-refractivity contribution < 1.29 is 9.50 Å². The van der Waals surface area contributed by atoms with Crippen LogP contribution in [0.3, 0.4) is 0 Å². The van der Waals surface area contributed by atoms with E-state index >= 15 is 0 Å². The summed E-state index contributed by atoms with van der Waals surface area (Å²) < 4.78 is 13.0. The van der Waals surface area contributed by atoms with Crippen molar-refractivity contribution in [1.82, 2.24) is 5.32 Å². The molecule has 3 heteroatoms. The smallest absolute Gasteiger partial charge is 0.123 e. The molecule has 1 aliphatic rings. The fourth-order valence-electron chi connectivity index (χ4n) is 2.59. The fourth-order valence-corrected chi connectivity index (χ4v) is 2.59. The minimum atomic E-state index is -0.188. The van der Waals surface area contributed by atoms with Crippen molar-refractivity contribution in [2.45, 2.75) is 38.3 Å². The van der Waals surface area contributed by atoms with Crippen molar-refractivity contribution in [2.75, 3.05) is 6.61 Å². The molecule has 0 bridgehead atoms. The third-order valence-corrected chi connectivity index (χ3v) is 3.60. The topological polar surface area (TPSA) is 32.3 Å². The predicted molar refractivity (Wildman–Crippen MR) is 66.1 cm³/mol. The summed E-state index contributed by atoms with van der Waals surface area (Å²) in [5.74, 6) is 0.170. The Morgan fingerprint density at radius 2 is 2.12 bits per heavy atom. The zero-order valence-corrected chi connectivity index (χ0v) is 10.0. The SMILES string of the molecule is OCC1CCCCC1NCc1cccc(F)c1. The lowest BCUT2D eigenvalue weighted by atomic mass is 9.85. The summed E-state index contributed by atoms with van der Waals surface area (Å²) in [7, 11) is 0.